The number of aliphatic hydroxyl groups is 1. The van der Waals surface area contributed by atoms with Crippen LogP contribution in [0, 0.1) is 0 Å². The van der Waals surface area contributed by atoms with Gasteiger partial charge in [-0.15, -0.1) is 0 Å². The number of aliphatic hydroxyl groups excluding tert-OH is 1. The Bertz CT molecular complexity index is 119. The van der Waals surface area contributed by atoms with Crippen molar-refractivity contribution in [1.82, 2.24) is 4.90 Å². The van der Waals surface area contributed by atoms with Crippen molar-refractivity contribution < 1.29 is 5.11 Å². The van der Waals surface area contributed by atoms with Crippen LogP contribution in [0.2, 0.25) is 0 Å². The first-order valence-corrected chi connectivity index (χ1v) is 6.11. The Morgan fingerprint density at radius 1 is 1.42 bits per heavy atom. The molecule has 0 bridgehead atoms. The van der Waals surface area contributed by atoms with Crippen LogP contribution in [0.1, 0.15) is 19.3 Å². The Kier molecular flexibility index (Phi) is 5.04. The molecule has 3 heteroatoms. The van der Waals surface area contributed by atoms with E-state index in [2.05, 4.69) is 11.2 Å². The standard InChI is InChI=1S/C9H19NOS/c1-12-8-7-10-5-2-3-9(11)4-6-10/h9,11H,2-8H2,1H3. The van der Waals surface area contributed by atoms with Crippen LogP contribution in [0.15, 0.2) is 0 Å². The summed E-state index contributed by atoms with van der Waals surface area (Å²) in [6.07, 6.45) is 5.23. The molecule has 0 radical (unpaired) electrons. The highest BCUT2D eigenvalue weighted by Gasteiger charge is 2.13. The van der Waals surface area contributed by atoms with Crippen LogP contribution in [-0.4, -0.2) is 47.8 Å². The van der Waals surface area contributed by atoms with Gasteiger partial charge in [0.25, 0.3) is 0 Å². The molecule has 0 aromatic heterocycles. The molecule has 0 aromatic carbocycles. The monoisotopic (exact) mass is 189 g/mol. The third-order valence-corrected chi connectivity index (χ3v) is 2.99. The van der Waals surface area contributed by atoms with Crippen molar-refractivity contribution in [2.45, 2.75) is 25.4 Å². The lowest BCUT2D eigenvalue weighted by atomic mass is 10.2. The molecule has 1 fully saturated rings. The van der Waals surface area contributed by atoms with Crippen molar-refractivity contribution >= 4 is 11.8 Å². The van der Waals surface area contributed by atoms with E-state index in [1.807, 2.05) is 11.8 Å². The zero-order chi connectivity index (χ0) is 8.81. The van der Waals surface area contributed by atoms with Crippen molar-refractivity contribution in [1.29, 1.82) is 0 Å². The molecule has 1 aliphatic rings. The predicted molar refractivity (Wildman–Crippen MR) is 54.7 cm³/mol. The zero-order valence-electron chi connectivity index (χ0n) is 7.83. The van der Waals surface area contributed by atoms with Crippen LogP contribution < -0.4 is 0 Å². The number of hydrogen-bond acceptors (Lipinski definition) is 3. The van der Waals surface area contributed by atoms with Crippen LogP contribution in [-0.2, 0) is 0 Å². The van der Waals surface area contributed by atoms with E-state index in [1.54, 1.807) is 0 Å². The average molecular weight is 189 g/mol. The molecule has 1 heterocycles. The maximum Gasteiger partial charge on any atom is 0.0553 e. The summed E-state index contributed by atoms with van der Waals surface area (Å²) >= 11 is 1.90. The molecule has 0 spiro atoms. The molecule has 0 saturated carbocycles. The second-order valence-corrected chi connectivity index (χ2v) is 4.40. The lowest BCUT2D eigenvalue weighted by Gasteiger charge is -2.18. The molecule has 1 atom stereocenters. The van der Waals surface area contributed by atoms with Gasteiger partial charge >= 0.3 is 0 Å². The van der Waals surface area contributed by atoms with E-state index >= 15 is 0 Å². The fraction of sp³-hybridized carbons (Fsp3) is 1.00. The quantitative estimate of drug-likeness (QED) is 0.721. The maximum atomic E-state index is 9.40. The average Bonchev–Trinajstić information content (AvgIpc) is 2.27. The smallest absolute Gasteiger partial charge is 0.0553 e. The van der Waals surface area contributed by atoms with Gasteiger partial charge in [0.2, 0.25) is 0 Å². The molecule has 1 N–H and O–H groups in total. The highest BCUT2D eigenvalue weighted by Crippen LogP contribution is 2.10. The topological polar surface area (TPSA) is 23.5 Å². The first-order valence-electron chi connectivity index (χ1n) is 4.72. The normalized spacial score (nSPS) is 27.0. The largest absolute Gasteiger partial charge is 0.393 e. The van der Waals surface area contributed by atoms with Crippen molar-refractivity contribution in [3.8, 4) is 0 Å². The molecule has 12 heavy (non-hydrogen) atoms. The minimum atomic E-state index is -0.0377. The zero-order valence-corrected chi connectivity index (χ0v) is 8.65. The summed E-state index contributed by atoms with van der Waals surface area (Å²) in [5, 5.41) is 9.40. The fourth-order valence-corrected chi connectivity index (χ4v) is 2.02. The van der Waals surface area contributed by atoms with E-state index in [1.165, 1.54) is 18.8 Å². The SMILES string of the molecule is CSCCN1CCCC(O)CC1. The van der Waals surface area contributed by atoms with Gasteiger partial charge in [-0.05, 0) is 32.1 Å². The lowest BCUT2D eigenvalue weighted by molar-refractivity contribution is 0.156. The van der Waals surface area contributed by atoms with E-state index in [9.17, 15) is 5.11 Å². The van der Waals surface area contributed by atoms with Gasteiger partial charge in [0.1, 0.15) is 0 Å². The second-order valence-electron chi connectivity index (χ2n) is 3.42. The number of nitrogens with zero attached hydrogens (tertiary/aromatic N) is 1. The maximum absolute atomic E-state index is 9.40. The van der Waals surface area contributed by atoms with E-state index < -0.39 is 0 Å². The number of thioether (sulfide) groups is 1. The predicted octanol–water partition coefficient (Wildman–Crippen LogP) is 1.20. The van der Waals surface area contributed by atoms with E-state index in [0.717, 1.165) is 25.8 Å². The van der Waals surface area contributed by atoms with Crippen LogP contribution in [0.4, 0.5) is 0 Å². The van der Waals surface area contributed by atoms with Gasteiger partial charge in [-0.2, -0.15) is 11.8 Å². The fourth-order valence-electron chi connectivity index (χ4n) is 1.58. The molecule has 1 saturated heterocycles. The van der Waals surface area contributed by atoms with Gasteiger partial charge in [0, 0.05) is 18.8 Å². The minimum absolute atomic E-state index is 0.0377. The molecule has 1 aliphatic heterocycles. The van der Waals surface area contributed by atoms with Gasteiger partial charge in [0.15, 0.2) is 0 Å². The summed E-state index contributed by atoms with van der Waals surface area (Å²) in [5.74, 6) is 1.22. The van der Waals surface area contributed by atoms with Gasteiger partial charge in [-0.1, -0.05) is 0 Å². The third kappa shape index (κ3) is 3.78. The van der Waals surface area contributed by atoms with Gasteiger partial charge < -0.3 is 10.0 Å². The summed E-state index contributed by atoms with van der Waals surface area (Å²) in [4.78, 5) is 2.46. The Hall–Kier alpha value is 0.270. The van der Waals surface area contributed by atoms with Crippen LogP contribution in [0.3, 0.4) is 0 Å². The highest BCUT2D eigenvalue weighted by molar-refractivity contribution is 7.98. The van der Waals surface area contributed by atoms with Crippen LogP contribution in [0.25, 0.3) is 0 Å². The Labute approximate surface area is 79.3 Å². The van der Waals surface area contributed by atoms with Gasteiger partial charge in [-0.25, -0.2) is 0 Å². The number of likely N-dealkylation sites (tertiary alicyclic amines) is 1. The second kappa shape index (κ2) is 5.84. The molecule has 1 rings (SSSR count). The van der Waals surface area contributed by atoms with Crippen LogP contribution >= 0.6 is 11.8 Å². The summed E-state index contributed by atoms with van der Waals surface area (Å²) in [7, 11) is 0. The minimum Gasteiger partial charge on any atom is -0.393 e. The number of hydrogen-bond donors (Lipinski definition) is 1. The Morgan fingerprint density at radius 3 is 3.00 bits per heavy atom. The third-order valence-electron chi connectivity index (χ3n) is 2.40. The molecule has 0 aliphatic carbocycles. The van der Waals surface area contributed by atoms with Crippen molar-refractivity contribution in [2.75, 3.05) is 31.6 Å². The molecule has 0 amide bonds. The van der Waals surface area contributed by atoms with E-state index in [4.69, 9.17) is 0 Å². The Morgan fingerprint density at radius 2 is 2.25 bits per heavy atom. The summed E-state index contributed by atoms with van der Waals surface area (Å²) in [5.41, 5.74) is 0. The molecule has 0 aromatic rings. The lowest BCUT2D eigenvalue weighted by Crippen LogP contribution is -2.27. The van der Waals surface area contributed by atoms with Gasteiger partial charge in [-0.3, -0.25) is 0 Å². The Balaban J connectivity index is 2.17. The molecular weight excluding hydrogens is 170 g/mol. The van der Waals surface area contributed by atoms with Crippen molar-refractivity contribution in [3.63, 3.8) is 0 Å². The first kappa shape index (κ1) is 10.4. The number of rotatable bonds is 3. The molecule has 2 nitrogen and oxygen atoms in total. The summed E-state index contributed by atoms with van der Waals surface area (Å²) < 4.78 is 0. The van der Waals surface area contributed by atoms with Gasteiger partial charge in [0.05, 0.1) is 6.10 Å². The first-order chi connectivity index (χ1) is 5.83. The molecule has 72 valence electrons. The van der Waals surface area contributed by atoms with Crippen molar-refractivity contribution in [2.24, 2.45) is 0 Å². The van der Waals surface area contributed by atoms with E-state index in [-0.39, 0.29) is 6.10 Å². The van der Waals surface area contributed by atoms with Crippen LogP contribution in [0.5, 0.6) is 0 Å². The summed E-state index contributed by atoms with van der Waals surface area (Å²) in [6.45, 7) is 3.45. The molecular formula is C9H19NOS. The molecule has 1 unspecified atom stereocenters. The highest BCUT2D eigenvalue weighted by atomic mass is 32.2. The van der Waals surface area contributed by atoms with E-state index in [0.29, 0.717) is 0 Å². The van der Waals surface area contributed by atoms with Crippen molar-refractivity contribution in [3.05, 3.63) is 0 Å². The summed E-state index contributed by atoms with van der Waals surface area (Å²) in [6, 6.07) is 0.